The molecule has 0 heterocycles. The molecule has 0 fully saturated rings. The van der Waals surface area contributed by atoms with E-state index in [0.717, 1.165) is 5.56 Å². The van der Waals surface area contributed by atoms with E-state index in [1.165, 1.54) is 0 Å². The highest BCUT2D eigenvalue weighted by Gasteiger charge is 2.25. The van der Waals surface area contributed by atoms with Crippen LogP contribution in [0.1, 0.15) is 33.3 Å². The molecule has 2 aromatic carbocycles. The molecule has 0 spiro atoms. The van der Waals surface area contributed by atoms with Crippen molar-refractivity contribution in [3.63, 3.8) is 0 Å². The zero-order chi connectivity index (χ0) is 20.2. The molecule has 0 aliphatic rings. The summed E-state index contributed by atoms with van der Waals surface area (Å²) in [5, 5.41) is 5.95. The minimum Gasteiger partial charge on any atom is -0.455 e. The number of aryl methyl sites for hydroxylation is 1. The third-order valence-corrected chi connectivity index (χ3v) is 4.11. The van der Waals surface area contributed by atoms with Gasteiger partial charge >= 0.3 is 0 Å². The van der Waals surface area contributed by atoms with Crippen molar-refractivity contribution in [3.05, 3.63) is 53.1 Å². The van der Waals surface area contributed by atoms with Gasteiger partial charge in [-0.05, 0) is 44.2 Å². The van der Waals surface area contributed by atoms with Crippen LogP contribution >= 0.6 is 11.6 Å². The summed E-state index contributed by atoms with van der Waals surface area (Å²) in [5.74, 6) is 0.550. The minimum atomic E-state index is -0.706. The molecule has 1 atom stereocenters. The standard InChI is InChI=1S/C21H25ClN2O3/c1-13-6-9-16(10-7-13)27-18-11-8-15(22)12-17(18)24-19(25)14(2)23-20(26)21(3,4)5/h6-12,14H,1-5H3,(H,23,26)(H,24,25). The molecule has 27 heavy (non-hydrogen) atoms. The van der Waals surface area contributed by atoms with Crippen LogP contribution in [0.5, 0.6) is 11.5 Å². The van der Waals surface area contributed by atoms with Gasteiger partial charge in [0.1, 0.15) is 11.8 Å². The number of benzene rings is 2. The van der Waals surface area contributed by atoms with Gasteiger partial charge in [-0.15, -0.1) is 0 Å². The lowest BCUT2D eigenvalue weighted by atomic mass is 9.95. The molecule has 0 bridgehead atoms. The Bertz CT molecular complexity index is 826. The van der Waals surface area contributed by atoms with Gasteiger partial charge in [-0.2, -0.15) is 0 Å². The monoisotopic (exact) mass is 388 g/mol. The van der Waals surface area contributed by atoms with Crippen LogP contribution in [0.25, 0.3) is 0 Å². The number of hydrogen-bond donors (Lipinski definition) is 2. The van der Waals surface area contributed by atoms with Crippen molar-refractivity contribution in [1.29, 1.82) is 0 Å². The summed E-state index contributed by atoms with van der Waals surface area (Å²) in [4.78, 5) is 24.6. The summed E-state index contributed by atoms with van der Waals surface area (Å²) in [6.07, 6.45) is 0. The van der Waals surface area contributed by atoms with Gasteiger partial charge in [0.15, 0.2) is 5.75 Å². The third-order valence-electron chi connectivity index (χ3n) is 3.87. The predicted molar refractivity (Wildman–Crippen MR) is 108 cm³/mol. The SMILES string of the molecule is Cc1ccc(Oc2ccc(Cl)cc2NC(=O)C(C)NC(=O)C(C)(C)C)cc1. The zero-order valence-corrected chi connectivity index (χ0v) is 17.0. The molecule has 6 heteroatoms. The van der Waals surface area contributed by atoms with Gasteiger partial charge in [-0.25, -0.2) is 0 Å². The Morgan fingerprint density at radius 2 is 1.70 bits per heavy atom. The highest BCUT2D eigenvalue weighted by Crippen LogP contribution is 2.32. The number of carbonyl (C=O) groups is 2. The minimum absolute atomic E-state index is 0.202. The number of halogens is 1. The third kappa shape index (κ3) is 6.00. The van der Waals surface area contributed by atoms with Crippen LogP contribution in [0.2, 0.25) is 5.02 Å². The Labute approximate surface area is 165 Å². The second kappa shape index (κ2) is 8.44. The van der Waals surface area contributed by atoms with Crippen LogP contribution in [-0.2, 0) is 9.59 Å². The van der Waals surface area contributed by atoms with Crippen LogP contribution in [0, 0.1) is 12.3 Å². The molecule has 0 saturated heterocycles. The summed E-state index contributed by atoms with van der Waals surface area (Å²) >= 11 is 6.07. The highest BCUT2D eigenvalue weighted by molar-refractivity contribution is 6.31. The normalized spacial score (nSPS) is 12.2. The van der Waals surface area contributed by atoms with Gasteiger partial charge in [0.2, 0.25) is 11.8 Å². The second-order valence-corrected chi connectivity index (χ2v) is 7.93. The Balaban J connectivity index is 2.15. The van der Waals surface area contributed by atoms with Gasteiger partial charge in [-0.1, -0.05) is 50.1 Å². The molecule has 0 aliphatic heterocycles. The Morgan fingerprint density at radius 1 is 1.07 bits per heavy atom. The molecule has 1 unspecified atom stereocenters. The fraction of sp³-hybridized carbons (Fsp3) is 0.333. The average molecular weight is 389 g/mol. The summed E-state index contributed by atoms with van der Waals surface area (Å²) in [5.41, 5.74) is 0.977. The molecule has 0 radical (unpaired) electrons. The molecule has 0 saturated carbocycles. The maximum absolute atomic E-state index is 12.5. The Morgan fingerprint density at radius 3 is 2.30 bits per heavy atom. The topological polar surface area (TPSA) is 67.4 Å². The van der Waals surface area contributed by atoms with Gasteiger partial charge < -0.3 is 15.4 Å². The first kappa shape index (κ1) is 20.8. The second-order valence-electron chi connectivity index (χ2n) is 7.49. The molecule has 2 aromatic rings. The van der Waals surface area contributed by atoms with Crippen LogP contribution in [-0.4, -0.2) is 17.9 Å². The number of anilines is 1. The maximum atomic E-state index is 12.5. The smallest absolute Gasteiger partial charge is 0.246 e. The number of hydrogen-bond acceptors (Lipinski definition) is 3. The highest BCUT2D eigenvalue weighted by atomic mass is 35.5. The number of rotatable bonds is 5. The van der Waals surface area contributed by atoms with E-state index in [1.807, 2.05) is 31.2 Å². The van der Waals surface area contributed by atoms with E-state index >= 15 is 0 Å². The number of ether oxygens (including phenoxy) is 1. The zero-order valence-electron chi connectivity index (χ0n) is 16.2. The number of carbonyl (C=O) groups excluding carboxylic acids is 2. The van der Waals surface area contributed by atoms with Gasteiger partial charge in [-0.3, -0.25) is 9.59 Å². The lowest BCUT2D eigenvalue weighted by Crippen LogP contribution is -2.46. The van der Waals surface area contributed by atoms with Crippen LogP contribution in [0.4, 0.5) is 5.69 Å². The summed E-state index contributed by atoms with van der Waals surface area (Å²) in [6, 6.07) is 11.9. The Kier molecular flexibility index (Phi) is 6.50. The van der Waals surface area contributed by atoms with Gasteiger partial charge in [0.05, 0.1) is 5.69 Å². The molecule has 0 aliphatic carbocycles. The van der Waals surface area contributed by atoms with E-state index in [4.69, 9.17) is 16.3 Å². The fourth-order valence-electron chi connectivity index (χ4n) is 2.14. The quantitative estimate of drug-likeness (QED) is 0.763. The molecule has 2 N–H and O–H groups in total. The first-order chi connectivity index (χ1) is 12.6. The van der Waals surface area contributed by atoms with Crippen molar-refractivity contribution < 1.29 is 14.3 Å². The first-order valence-electron chi connectivity index (χ1n) is 8.72. The van der Waals surface area contributed by atoms with E-state index in [1.54, 1.807) is 45.9 Å². The van der Waals surface area contributed by atoms with E-state index < -0.39 is 11.5 Å². The Hall–Kier alpha value is -2.53. The van der Waals surface area contributed by atoms with E-state index in [9.17, 15) is 9.59 Å². The average Bonchev–Trinajstić information content (AvgIpc) is 2.58. The van der Waals surface area contributed by atoms with E-state index in [2.05, 4.69) is 10.6 Å². The van der Waals surface area contributed by atoms with Crippen LogP contribution in [0.3, 0.4) is 0 Å². The van der Waals surface area contributed by atoms with Crippen LogP contribution < -0.4 is 15.4 Å². The van der Waals surface area contributed by atoms with Crippen molar-refractivity contribution in [3.8, 4) is 11.5 Å². The maximum Gasteiger partial charge on any atom is 0.246 e. The molecule has 2 rings (SSSR count). The largest absolute Gasteiger partial charge is 0.455 e. The molecule has 144 valence electrons. The number of nitrogens with one attached hydrogen (secondary N) is 2. The molecule has 5 nitrogen and oxygen atoms in total. The lowest BCUT2D eigenvalue weighted by Gasteiger charge is -2.22. The first-order valence-corrected chi connectivity index (χ1v) is 9.10. The molecular weight excluding hydrogens is 364 g/mol. The van der Waals surface area contributed by atoms with Crippen molar-refractivity contribution in [2.75, 3.05) is 5.32 Å². The summed E-state index contributed by atoms with van der Waals surface area (Å²) < 4.78 is 5.87. The van der Waals surface area contributed by atoms with Crippen LogP contribution in [0.15, 0.2) is 42.5 Å². The fourth-order valence-corrected chi connectivity index (χ4v) is 2.31. The predicted octanol–water partition coefficient (Wildman–Crippen LogP) is 4.93. The van der Waals surface area contributed by atoms with Gasteiger partial charge in [0.25, 0.3) is 0 Å². The molecule has 2 amide bonds. The van der Waals surface area contributed by atoms with Crippen molar-refractivity contribution in [2.24, 2.45) is 5.41 Å². The van der Waals surface area contributed by atoms with Gasteiger partial charge in [0, 0.05) is 10.4 Å². The van der Waals surface area contributed by atoms with Crippen molar-refractivity contribution in [2.45, 2.75) is 40.7 Å². The molecular formula is C21H25ClN2O3. The van der Waals surface area contributed by atoms with Crippen molar-refractivity contribution in [1.82, 2.24) is 5.32 Å². The lowest BCUT2D eigenvalue weighted by molar-refractivity contribution is -0.131. The van der Waals surface area contributed by atoms with Crippen molar-refractivity contribution >= 4 is 29.1 Å². The van der Waals surface area contributed by atoms with E-state index in [0.29, 0.717) is 22.2 Å². The summed E-state index contributed by atoms with van der Waals surface area (Å²) in [7, 11) is 0. The summed E-state index contributed by atoms with van der Waals surface area (Å²) in [6.45, 7) is 8.99. The molecule has 0 aromatic heterocycles. The van der Waals surface area contributed by atoms with E-state index in [-0.39, 0.29) is 11.8 Å². The number of amides is 2.